The standard InChI is InChI=1S/C19H19N3O3S/c1-2-10-20-19(25)15-6-3-4-7-16(15)22-17(23)8-5-11-21-18(24)14-9-12-26-13-14/h1,3-4,6-7,9,12-13H,5,8,10-11H2,(H,20,25)(H,21,24)(H,22,23). The van der Waals surface area contributed by atoms with Crippen LogP contribution in [-0.4, -0.2) is 30.8 Å². The van der Waals surface area contributed by atoms with Gasteiger partial charge in [0.1, 0.15) is 0 Å². The van der Waals surface area contributed by atoms with E-state index in [-0.39, 0.29) is 30.7 Å². The Morgan fingerprint density at radius 3 is 2.62 bits per heavy atom. The van der Waals surface area contributed by atoms with Gasteiger partial charge in [0, 0.05) is 23.9 Å². The number of nitrogens with one attached hydrogen (secondary N) is 3. The van der Waals surface area contributed by atoms with Crippen LogP contribution >= 0.6 is 11.3 Å². The Bertz CT molecular complexity index is 810. The van der Waals surface area contributed by atoms with Crippen LogP contribution < -0.4 is 16.0 Å². The van der Waals surface area contributed by atoms with Crippen LogP contribution in [0.3, 0.4) is 0 Å². The highest BCUT2D eigenvalue weighted by atomic mass is 32.1. The first-order valence-electron chi connectivity index (χ1n) is 8.02. The number of carbonyl (C=O) groups excluding carboxylic acids is 3. The maximum atomic E-state index is 12.1. The summed E-state index contributed by atoms with van der Waals surface area (Å²) in [7, 11) is 0. The Hall–Kier alpha value is -3.11. The predicted octanol–water partition coefficient (Wildman–Crippen LogP) is 2.26. The van der Waals surface area contributed by atoms with E-state index in [1.807, 2.05) is 5.38 Å². The summed E-state index contributed by atoms with van der Waals surface area (Å²) in [6.45, 7) is 0.511. The lowest BCUT2D eigenvalue weighted by Crippen LogP contribution is -2.26. The monoisotopic (exact) mass is 369 g/mol. The van der Waals surface area contributed by atoms with Crippen molar-refractivity contribution >= 4 is 34.7 Å². The summed E-state index contributed by atoms with van der Waals surface area (Å²) >= 11 is 1.45. The van der Waals surface area contributed by atoms with Crippen molar-refractivity contribution < 1.29 is 14.4 Å². The number of para-hydroxylation sites is 1. The molecule has 3 N–H and O–H groups in total. The fraction of sp³-hybridized carbons (Fsp3) is 0.211. The number of carbonyl (C=O) groups is 3. The average Bonchev–Trinajstić information content (AvgIpc) is 3.18. The van der Waals surface area contributed by atoms with Crippen LogP contribution in [-0.2, 0) is 4.79 Å². The number of rotatable bonds is 8. The van der Waals surface area contributed by atoms with E-state index in [0.29, 0.717) is 29.8 Å². The topological polar surface area (TPSA) is 87.3 Å². The van der Waals surface area contributed by atoms with Crippen LogP contribution in [0.25, 0.3) is 0 Å². The number of hydrogen-bond acceptors (Lipinski definition) is 4. The summed E-state index contributed by atoms with van der Waals surface area (Å²) < 4.78 is 0. The van der Waals surface area contributed by atoms with Gasteiger partial charge in [0.2, 0.25) is 5.91 Å². The van der Waals surface area contributed by atoms with Gasteiger partial charge >= 0.3 is 0 Å². The van der Waals surface area contributed by atoms with Crippen LogP contribution in [0.15, 0.2) is 41.1 Å². The zero-order valence-electron chi connectivity index (χ0n) is 14.1. The van der Waals surface area contributed by atoms with Gasteiger partial charge in [-0.1, -0.05) is 18.1 Å². The second-order valence-corrected chi connectivity index (χ2v) is 6.13. The number of benzene rings is 1. The molecule has 0 aliphatic heterocycles. The van der Waals surface area contributed by atoms with Gasteiger partial charge < -0.3 is 16.0 Å². The predicted molar refractivity (Wildman–Crippen MR) is 102 cm³/mol. The van der Waals surface area contributed by atoms with E-state index < -0.39 is 0 Å². The smallest absolute Gasteiger partial charge is 0.254 e. The van der Waals surface area contributed by atoms with Gasteiger partial charge in [-0.2, -0.15) is 11.3 Å². The molecule has 0 unspecified atom stereocenters. The molecule has 0 aliphatic rings. The van der Waals surface area contributed by atoms with E-state index in [2.05, 4.69) is 21.9 Å². The molecule has 7 heteroatoms. The second-order valence-electron chi connectivity index (χ2n) is 5.35. The minimum atomic E-state index is -0.345. The molecule has 0 spiro atoms. The van der Waals surface area contributed by atoms with Gasteiger partial charge in [-0.15, -0.1) is 6.42 Å². The summed E-state index contributed by atoms with van der Waals surface area (Å²) in [6.07, 6.45) is 5.85. The Labute approximate surface area is 156 Å². The highest BCUT2D eigenvalue weighted by molar-refractivity contribution is 7.08. The zero-order valence-corrected chi connectivity index (χ0v) is 14.9. The van der Waals surface area contributed by atoms with Crippen LogP contribution in [0.4, 0.5) is 5.69 Å². The third kappa shape index (κ3) is 5.76. The minimum absolute atomic E-state index is 0.116. The summed E-state index contributed by atoms with van der Waals surface area (Å²) in [5, 5.41) is 11.7. The van der Waals surface area contributed by atoms with Crippen molar-refractivity contribution in [1.82, 2.24) is 10.6 Å². The molecule has 1 aromatic carbocycles. The van der Waals surface area contributed by atoms with Gasteiger partial charge in [0.05, 0.1) is 17.8 Å². The lowest BCUT2D eigenvalue weighted by atomic mass is 10.1. The molecule has 0 aliphatic carbocycles. The quantitative estimate of drug-likeness (QED) is 0.493. The highest BCUT2D eigenvalue weighted by Gasteiger charge is 2.12. The molecule has 0 fully saturated rings. The maximum absolute atomic E-state index is 12.1. The summed E-state index contributed by atoms with van der Waals surface area (Å²) in [6, 6.07) is 8.45. The Kier molecular flexibility index (Phi) is 7.40. The van der Waals surface area contributed by atoms with Crippen LogP contribution in [0.5, 0.6) is 0 Å². The fourth-order valence-corrected chi connectivity index (χ4v) is 2.81. The van der Waals surface area contributed by atoms with Crippen molar-refractivity contribution in [2.24, 2.45) is 0 Å². The van der Waals surface area contributed by atoms with Gasteiger partial charge in [0.15, 0.2) is 0 Å². The highest BCUT2D eigenvalue weighted by Crippen LogP contribution is 2.15. The SMILES string of the molecule is C#CCNC(=O)c1ccccc1NC(=O)CCCNC(=O)c1ccsc1. The molecule has 0 saturated carbocycles. The number of thiophene rings is 1. The van der Waals surface area contributed by atoms with Crippen LogP contribution in [0.1, 0.15) is 33.6 Å². The number of amides is 3. The molecule has 1 heterocycles. The van der Waals surface area contributed by atoms with Crippen LogP contribution in [0.2, 0.25) is 0 Å². The molecule has 0 atom stereocenters. The molecule has 26 heavy (non-hydrogen) atoms. The Balaban J connectivity index is 1.80. The molecule has 6 nitrogen and oxygen atoms in total. The van der Waals surface area contributed by atoms with Gasteiger partial charge in [-0.25, -0.2) is 0 Å². The first-order valence-corrected chi connectivity index (χ1v) is 8.97. The number of anilines is 1. The van der Waals surface area contributed by atoms with Crippen molar-refractivity contribution in [2.45, 2.75) is 12.8 Å². The average molecular weight is 369 g/mol. The van der Waals surface area contributed by atoms with Gasteiger partial charge in [0.25, 0.3) is 11.8 Å². The number of terminal acetylenes is 1. The molecular formula is C19H19N3O3S. The van der Waals surface area contributed by atoms with Gasteiger partial charge in [-0.3, -0.25) is 14.4 Å². The fourth-order valence-electron chi connectivity index (χ4n) is 2.18. The molecule has 1 aromatic heterocycles. The van der Waals surface area contributed by atoms with Crippen molar-refractivity contribution in [2.75, 3.05) is 18.4 Å². The van der Waals surface area contributed by atoms with E-state index in [1.165, 1.54) is 11.3 Å². The van der Waals surface area contributed by atoms with Crippen molar-refractivity contribution in [3.05, 3.63) is 52.2 Å². The minimum Gasteiger partial charge on any atom is -0.352 e. The molecule has 0 bridgehead atoms. The van der Waals surface area contributed by atoms with Crippen molar-refractivity contribution in [1.29, 1.82) is 0 Å². The Morgan fingerprint density at radius 2 is 1.88 bits per heavy atom. The van der Waals surface area contributed by atoms with Gasteiger partial charge in [-0.05, 0) is 30.0 Å². The van der Waals surface area contributed by atoms with Crippen LogP contribution in [0, 0.1) is 12.3 Å². The molecule has 2 rings (SSSR count). The lowest BCUT2D eigenvalue weighted by molar-refractivity contribution is -0.116. The largest absolute Gasteiger partial charge is 0.352 e. The van der Waals surface area contributed by atoms with Crippen molar-refractivity contribution in [3.63, 3.8) is 0 Å². The normalized spacial score (nSPS) is 9.81. The van der Waals surface area contributed by atoms with E-state index in [9.17, 15) is 14.4 Å². The third-order valence-electron chi connectivity index (χ3n) is 3.45. The number of hydrogen-bond donors (Lipinski definition) is 3. The van der Waals surface area contributed by atoms with E-state index in [1.54, 1.807) is 35.7 Å². The summed E-state index contributed by atoms with van der Waals surface area (Å²) in [5.74, 6) is 1.60. The molecular weight excluding hydrogens is 350 g/mol. The summed E-state index contributed by atoms with van der Waals surface area (Å²) in [4.78, 5) is 35.9. The molecule has 3 amide bonds. The van der Waals surface area contributed by atoms with Crippen molar-refractivity contribution in [3.8, 4) is 12.3 Å². The first-order chi connectivity index (χ1) is 12.6. The molecule has 0 radical (unpaired) electrons. The molecule has 0 saturated heterocycles. The summed E-state index contributed by atoms with van der Waals surface area (Å²) in [5.41, 5.74) is 1.39. The van der Waals surface area contributed by atoms with E-state index in [0.717, 1.165) is 0 Å². The molecule has 134 valence electrons. The molecule has 2 aromatic rings. The zero-order chi connectivity index (χ0) is 18.8. The third-order valence-corrected chi connectivity index (χ3v) is 4.13. The lowest BCUT2D eigenvalue weighted by Gasteiger charge is -2.10. The second kappa shape index (κ2) is 10.0. The Morgan fingerprint density at radius 1 is 1.08 bits per heavy atom. The first kappa shape index (κ1) is 19.2. The van der Waals surface area contributed by atoms with E-state index >= 15 is 0 Å². The van der Waals surface area contributed by atoms with E-state index in [4.69, 9.17) is 6.42 Å². The maximum Gasteiger partial charge on any atom is 0.254 e.